The summed E-state index contributed by atoms with van der Waals surface area (Å²) >= 11 is 6.19. The molecule has 2 aromatic heterocycles. The van der Waals surface area contributed by atoms with Crippen molar-refractivity contribution >= 4 is 17.6 Å². The van der Waals surface area contributed by atoms with E-state index in [-0.39, 0.29) is 0 Å². The van der Waals surface area contributed by atoms with Crippen LogP contribution < -0.4 is 4.74 Å². The molecule has 0 radical (unpaired) electrons. The van der Waals surface area contributed by atoms with Crippen molar-refractivity contribution in [3.05, 3.63) is 47.7 Å². The molecule has 0 aliphatic heterocycles. The van der Waals surface area contributed by atoms with Gasteiger partial charge in [0.05, 0.1) is 12.1 Å². The van der Waals surface area contributed by atoms with Crippen LogP contribution in [0.25, 0.3) is 22.8 Å². The van der Waals surface area contributed by atoms with Gasteiger partial charge in [-0.05, 0) is 36.8 Å². The van der Waals surface area contributed by atoms with Crippen LogP contribution in [-0.4, -0.2) is 37.9 Å². The van der Waals surface area contributed by atoms with Crippen LogP contribution in [0.15, 0.2) is 42.7 Å². The molecule has 26 heavy (non-hydrogen) atoms. The Hall–Kier alpha value is -2.93. The molecule has 1 unspecified atom stereocenters. The maximum atomic E-state index is 11.7. The first-order valence-corrected chi connectivity index (χ1v) is 8.36. The van der Waals surface area contributed by atoms with E-state index < -0.39 is 12.0 Å². The second-order valence-corrected chi connectivity index (χ2v) is 5.96. The van der Waals surface area contributed by atoms with Gasteiger partial charge in [-0.2, -0.15) is 0 Å². The van der Waals surface area contributed by atoms with Gasteiger partial charge in [0.2, 0.25) is 0 Å². The number of hydrogen-bond acceptors (Lipinski definition) is 5. The number of methoxy groups -OCH3 is 1. The molecule has 0 amide bonds. The Morgan fingerprint density at radius 2 is 2.00 bits per heavy atom. The van der Waals surface area contributed by atoms with Gasteiger partial charge in [-0.15, -0.1) is 5.10 Å². The first-order valence-electron chi connectivity index (χ1n) is 7.98. The first kappa shape index (κ1) is 17.9. The maximum Gasteiger partial charge on any atom is 0.328 e. The third-order valence-electron chi connectivity index (χ3n) is 3.95. The van der Waals surface area contributed by atoms with Gasteiger partial charge in [0.25, 0.3) is 0 Å². The third kappa shape index (κ3) is 3.39. The quantitative estimate of drug-likeness (QED) is 0.709. The van der Waals surface area contributed by atoms with Gasteiger partial charge in [0, 0.05) is 23.5 Å². The number of hydrogen-bond donors (Lipinski definition) is 1. The molecule has 2 heterocycles. The first-order chi connectivity index (χ1) is 12.5. The van der Waals surface area contributed by atoms with Crippen molar-refractivity contribution in [2.45, 2.75) is 19.4 Å². The van der Waals surface area contributed by atoms with Crippen LogP contribution in [0.4, 0.5) is 0 Å². The predicted molar refractivity (Wildman–Crippen MR) is 97.2 cm³/mol. The Morgan fingerprint density at radius 1 is 1.27 bits per heavy atom. The molecule has 0 bridgehead atoms. The lowest BCUT2D eigenvalue weighted by atomic mass is 10.2. The number of aliphatic carboxylic acids is 1. The van der Waals surface area contributed by atoms with Gasteiger partial charge in [0.15, 0.2) is 17.7 Å². The molecule has 3 aromatic rings. The van der Waals surface area contributed by atoms with Crippen molar-refractivity contribution in [2.75, 3.05) is 7.11 Å². The molecule has 0 spiro atoms. The summed E-state index contributed by atoms with van der Waals surface area (Å²) in [6, 6.07) is 7.90. The highest BCUT2D eigenvalue weighted by atomic mass is 35.5. The number of nitrogens with zero attached hydrogens (tertiary/aromatic N) is 4. The lowest BCUT2D eigenvalue weighted by Crippen LogP contribution is -2.20. The van der Waals surface area contributed by atoms with Gasteiger partial charge in [-0.3, -0.25) is 4.98 Å². The highest BCUT2D eigenvalue weighted by Crippen LogP contribution is 2.31. The number of rotatable bonds is 6. The van der Waals surface area contributed by atoms with Gasteiger partial charge in [0.1, 0.15) is 5.75 Å². The Morgan fingerprint density at radius 3 is 2.58 bits per heavy atom. The van der Waals surface area contributed by atoms with E-state index >= 15 is 0 Å². The van der Waals surface area contributed by atoms with Crippen LogP contribution in [0.2, 0.25) is 5.02 Å². The Kier molecular flexibility index (Phi) is 5.18. The average molecular weight is 373 g/mol. The number of carbonyl (C=O) groups is 1. The van der Waals surface area contributed by atoms with E-state index in [1.165, 1.54) is 11.8 Å². The molecule has 7 nitrogen and oxygen atoms in total. The van der Waals surface area contributed by atoms with Crippen molar-refractivity contribution in [3.63, 3.8) is 0 Å². The third-order valence-corrected chi connectivity index (χ3v) is 4.24. The average Bonchev–Trinajstić information content (AvgIpc) is 3.07. The number of pyridine rings is 1. The fourth-order valence-electron chi connectivity index (χ4n) is 2.62. The van der Waals surface area contributed by atoms with Gasteiger partial charge in [-0.1, -0.05) is 18.5 Å². The molecule has 0 aliphatic carbocycles. The monoisotopic (exact) mass is 372 g/mol. The van der Waals surface area contributed by atoms with Crippen LogP contribution in [0.1, 0.15) is 19.4 Å². The van der Waals surface area contributed by atoms with Crippen molar-refractivity contribution < 1.29 is 14.6 Å². The summed E-state index contributed by atoms with van der Waals surface area (Å²) in [6.07, 6.45) is 3.62. The summed E-state index contributed by atoms with van der Waals surface area (Å²) in [5.74, 6) is 0.429. The second-order valence-electron chi connectivity index (χ2n) is 5.55. The summed E-state index contributed by atoms with van der Waals surface area (Å²) in [5.41, 5.74) is 1.41. The predicted octanol–water partition coefficient (Wildman–Crippen LogP) is 3.70. The molecular weight excluding hydrogens is 356 g/mol. The van der Waals surface area contributed by atoms with Crippen LogP contribution in [0.5, 0.6) is 5.75 Å². The van der Waals surface area contributed by atoms with Crippen LogP contribution >= 0.6 is 11.6 Å². The van der Waals surface area contributed by atoms with Gasteiger partial charge >= 0.3 is 5.97 Å². The van der Waals surface area contributed by atoms with Crippen LogP contribution in [-0.2, 0) is 4.79 Å². The minimum absolute atomic E-state index is 0.375. The van der Waals surface area contributed by atoms with E-state index in [0.717, 1.165) is 5.56 Å². The van der Waals surface area contributed by atoms with Crippen molar-refractivity contribution in [3.8, 4) is 28.5 Å². The molecule has 1 atom stereocenters. The SMILES string of the molecule is CCC(C(=O)O)n1nc(-c2ccc(OC)c(Cl)c2)nc1-c1ccncc1. The lowest BCUT2D eigenvalue weighted by molar-refractivity contribution is -0.141. The summed E-state index contributed by atoms with van der Waals surface area (Å²) in [6.45, 7) is 1.79. The molecular formula is C18H17ClN4O3. The van der Waals surface area contributed by atoms with Gasteiger partial charge < -0.3 is 9.84 Å². The second kappa shape index (κ2) is 7.53. The van der Waals surface area contributed by atoms with Crippen LogP contribution in [0.3, 0.4) is 0 Å². The fraction of sp³-hybridized carbons (Fsp3) is 0.222. The summed E-state index contributed by atoms with van der Waals surface area (Å²) in [4.78, 5) is 20.2. The number of carboxylic acids is 1. The largest absolute Gasteiger partial charge is 0.495 e. The van der Waals surface area contributed by atoms with Gasteiger partial charge in [-0.25, -0.2) is 14.5 Å². The zero-order valence-corrected chi connectivity index (χ0v) is 15.0. The minimum atomic E-state index is -0.966. The molecule has 0 aliphatic rings. The molecule has 8 heteroatoms. The Labute approximate surface area is 155 Å². The molecule has 1 aromatic carbocycles. The zero-order valence-electron chi connectivity index (χ0n) is 14.3. The highest BCUT2D eigenvalue weighted by molar-refractivity contribution is 6.32. The smallest absolute Gasteiger partial charge is 0.328 e. The summed E-state index contributed by atoms with van der Waals surface area (Å²) < 4.78 is 6.59. The maximum absolute atomic E-state index is 11.7. The molecule has 3 rings (SSSR count). The number of halogens is 1. The molecule has 1 N–H and O–H groups in total. The number of benzene rings is 1. The number of carboxylic acid groups (broad SMARTS) is 1. The molecule has 0 saturated heterocycles. The standard InChI is InChI=1S/C18H17ClN4O3/c1-3-14(18(24)25)23-17(11-6-8-20-9-7-11)21-16(22-23)12-4-5-15(26-2)13(19)10-12/h4-10,14H,3H2,1-2H3,(H,24,25). The molecule has 0 saturated carbocycles. The summed E-state index contributed by atoms with van der Waals surface area (Å²) in [7, 11) is 1.54. The topological polar surface area (TPSA) is 90.1 Å². The lowest BCUT2D eigenvalue weighted by Gasteiger charge is -2.12. The van der Waals surface area contributed by atoms with E-state index in [4.69, 9.17) is 16.3 Å². The molecule has 0 fully saturated rings. The Balaban J connectivity index is 2.15. The van der Waals surface area contributed by atoms with E-state index in [1.807, 2.05) is 0 Å². The number of ether oxygens (including phenoxy) is 1. The van der Waals surface area contributed by atoms with Crippen molar-refractivity contribution in [1.82, 2.24) is 19.7 Å². The van der Waals surface area contributed by atoms with Crippen molar-refractivity contribution in [1.29, 1.82) is 0 Å². The van der Waals surface area contributed by atoms with E-state index in [9.17, 15) is 9.90 Å². The minimum Gasteiger partial charge on any atom is -0.495 e. The van der Waals surface area contributed by atoms with E-state index in [2.05, 4.69) is 15.1 Å². The van der Waals surface area contributed by atoms with E-state index in [1.54, 1.807) is 49.6 Å². The summed E-state index contributed by atoms with van der Waals surface area (Å²) in [5, 5.41) is 14.4. The van der Waals surface area contributed by atoms with E-state index in [0.29, 0.717) is 34.4 Å². The zero-order chi connectivity index (χ0) is 18.7. The Bertz CT molecular complexity index is 927. The van der Waals surface area contributed by atoms with Crippen LogP contribution in [0, 0.1) is 0 Å². The van der Waals surface area contributed by atoms with Crippen molar-refractivity contribution in [2.24, 2.45) is 0 Å². The normalized spacial score (nSPS) is 12.0. The highest BCUT2D eigenvalue weighted by Gasteiger charge is 2.24. The fourth-order valence-corrected chi connectivity index (χ4v) is 2.88. The number of aromatic nitrogens is 4. The molecule has 134 valence electrons.